The summed E-state index contributed by atoms with van der Waals surface area (Å²) in [7, 11) is 0. The molecule has 2 aliphatic carbocycles. The van der Waals surface area contributed by atoms with Crippen LogP contribution in [0, 0.1) is 40.7 Å². The minimum Gasteiger partial charge on any atom is -0.423 e. The van der Waals surface area contributed by atoms with Crippen molar-refractivity contribution in [1.82, 2.24) is 0 Å². The van der Waals surface area contributed by atoms with Crippen molar-refractivity contribution in [2.75, 3.05) is 0 Å². The van der Waals surface area contributed by atoms with E-state index in [0.717, 1.165) is 43.7 Å². The first-order chi connectivity index (χ1) is 15.0. The number of benzene rings is 2. The number of esters is 1. The van der Waals surface area contributed by atoms with E-state index in [1.165, 1.54) is 43.5 Å². The van der Waals surface area contributed by atoms with Crippen LogP contribution in [0.3, 0.4) is 0 Å². The summed E-state index contributed by atoms with van der Waals surface area (Å²) >= 11 is 0. The molecule has 0 spiro atoms. The topological polar surface area (TPSA) is 50.1 Å². The fraction of sp³-hybridized carbons (Fsp3) is 0.462. The lowest BCUT2D eigenvalue weighted by Gasteiger charge is -2.42. The maximum Gasteiger partial charge on any atom is 0.343 e. The fourth-order valence-electron chi connectivity index (χ4n) is 5.47. The van der Waals surface area contributed by atoms with Crippen LogP contribution in [0.2, 0.25) is 0 Å². The van der Waals surface area contributed by atoms with Crippen LogP contribution in [0.25, 0.3) is 0 Å². The number of rotatable bonds is 4. The number of nitriles is 1. The Balaban J connectivity index is 1.47. The molecule has 1 unspecified atom stereocenters. The number of fused-ring (bicyclic) bond motifs is 1. The lowest BCUT2D eigenvalue weighted by molar-refractivity contribution is 0.0733. The molecule has 2 aromatic rings. The number of hydrogen-bond acceptors (Lipinski definition) is 3. The van der Waals surface area contributed by atoms with Crippen molar-refractivity contribution in [3.05, 3.63) is 64.7 Å². The third kappa shape index (κ3) is 4.63. The van der Waals surface area contributed by atoms with Crippen molar-refractivity contribution in [1.29, 1.82) is 5.26 Å². The van der Waals surface area contributed by atoms with E-state index in [1.807, 2.05) is 6.07 Å². The standard InChI is InChI=1S/C26H27F2NO2/c1-2-16-3-6-19-12-20(8-7-18(19)11-16)25-23(27)13-21(14-24(25)28)26(30)31-22-9-4-17(15-29)5-10-22/h4-5,9-10,13-14,16,18-20H,2-3,6-8,11-12H2,1H3/t16-,18-,19+,20?/m0/s1. The first-order valence-electron chi connectivity index (χ1n) is 11.2. The van der Waals surface area contributed by atoms with E-state index in [0.29, 0.717) is 17.4 Å². The molecule has 2 aliphatic rings. The van der Waals surface area contributed by atoms with E-state index in [4.69, 9.17) is 10.00 Å². The van der Waals surface area contributed by atoms with Crippen LogP contribution in [0.5, 0.6) is 5.75 Å². The highest BCUT2D eigenvalue weighted by atomic mass is 19.1. The van der Waals surface area contributed by atoms with Crippen LogP contribution in [0.15, 0.2) is 36.4 Å². The maximum atomic E-state index is 15.0. The number of carbonyl (C=O) groups is 1. The van der Waals surface area contributed by atoms with Gasteiger partial charge in [0.05, 0.1) is 17.2 Å². The van der Waals surface area contributed by atoms with Gasteiger partial charge in [-0.25, -0.2) is 13.6 Å². The molecule has 0 N–H and O–H groups in total. The molecule has 4 atom stereocenters. The molecule has 0 aliphatic heterocycles. The van der Waals surface area contributed by atoms with Crippen LogP contribution < -0.4 is 4.74 Å². The smallest absolute Gasteiger partial charge is 0.343 e. The molecule has 0 bridgehead atoms. The van der Waals surface area contributed by atoms with Gasteiger partial charge in [0.2, 0.25) is 0 Å². The van der Waals surface area contributed by atoms with Gasteiger partial charge in [0.1, 0.15) is 17.4 Å². The third-order valence-electron chi connectivity index (χ3n) is 7.22. The normalized spacial score (nSPS) is 25.4. The highest BCUT2D eigenvalue weighted by Gasteiger charge is 2.37. The Hall–Kier alpha value is -2.74. The molecule has 31 heavy (non-hydrogen) atoms. The monoisotopic (exact) mass is 423 g/mol. The first-order valence-corrected chi connectivity index (χ1v) is 11.2. The highest BCUT2D eigenvalue weighted by molar-refractivity contribution is 5.91. The second kappa shape index (κ2) is 9.18. The minimum atomic E-state index is -0.823. The number of halogens is 2. The Morgan fingerprint density at radius 1 is 1.03 bits per heavy atom. The Kier molecular flexibility index (Phi) is 6.36. The highest BCUT2D eigenvalue weighted by Crippen LogP contribution is 2.48. The molecule has 2 saturated carbocycles. The summed E-state index contributed by atoms with van der Waals surface area (Å²) in [6, 6.07) is 10.1. The molecule has 2 aromatic carbocycles. The minimum absolute atomic E-state index is 0.117. The van der Waals surface area contributed by atoms with Crippen LogP contribution in [-0.4, -0.2) is 5.97 Å². The van der Waals surface area contributed by atoms with E-state index in [2.05, 4.69) is 6.92 Å². The number of ether oxygens (including phenoxy) is 1. The summed E-state index contributed by atoms with van der Waals surface area (Å²) in [4.78, 5) is 12.4. The molecule has 5 heteroatoms. The molecule has 0 amide bonds. The number of carbonyl (C=O) groups excluding carboxylic acids is 1. The van der Waals surface area contributed by atoms with Gasteiger partial charge < -0.3 is 4.74 Å². The summed E-state index contributed by atoms with van der Waals surface area (Å²) in [5.74, 6) is -0.0553. The summed E-state index contributed by atoms with van der Waals surface area (Å²) in [5, 5.41) is 8.83. The summed E-state index contributed by atoms with van der Waals surface area (Å²) in [6.45, 7) is 2.25. The molecule has 3 nitrogen and oxygen atoms in total. The average Bonchev–Trinajstić information content (AvgIpc) is 2.78. The Morgan fingerprint density at radius 3 is 2.32 bits per heavy atom. The van der Waals surface area contributed by atoms with E-state index in [9.17, 15) is 13.6 Å². The predicted molar refractivity (Wildman–Crippen MR) is 114 cm³/mol. The zero-order valence-electron chi connectivity index (χ0n) is 17.7. The van der Waals surface area contributed by atoms with Gasteiger partial charge in [-0.2, -0.15) is 5.26 Å². The van der Waals surface area contributed by atoms with Gasteiger partial charge in [-0.15, -0.1) is 0 Å². The maximum absolute atomic E-state index is 15.0. The van der Waals surface area contributed by atoms with E-state index < -0.39 is 17.6 Å². The molecular weight excluding hydrogens is 396 g/mol. The molecule has 0 radical (unpaired) electrons. The van der Waals surface area contributed by atoms with Gasteiger partial charge in [0.25, 0.3) is 0 Å². The van der Waals surface area contributed by atoms with Crippen LogP contribution >= 0.6 is 0 Å². The summed E-state index contributed by atoms with van der Waals surface area (Å²) in [6.07, 6.45) is 7.47. The van der Waals surface area contributed by atoms with Crippen molar-refractivity contribution >= 4 is 5.97 Å². The summed E-state index contributed by atoms with van der Waals surface area (Å²) in [5.41, 5.74) is 0.394. The van der Waals surface area contributed by atoms with E-state index >= 15 is 0 Å². The van der Waals surface area contributed by atoms with Crippen molar-refractivity contribution in [2.45, 2.75) is 57.8 Å². The number of nitrogens with zero attached hydrogens (tertiary/aromatic N) is 1. The van der Waals surface area contributed by atoms with Gasteiger partial charge in [0.15, 0.2) is 0 Å². The second-order valence-corrected chi connectivity index (χ2v) is 9.00. The van der Waals surface area contributed by atoms with E-state index in [1.54, 1.807) is 0 Å². The van der Waals surface area contributed by atoms with Crippen molar-refractivity contribution in [2.24, 2.45) is 17.8 Å². The van der Waals surface area contributed by atoms with E-state index in [-0.39, 0.29) is 22.8 Å². The Morgan fingerprint density at radius 2 is 1.68 bits per heavy atom. The van der Waals surface area contributed by atoms with Crippen LogP contribution in [0.4, 0.5) is 8.78 Å². The van der Waals surface area contributed by atoms with Crippen molar-refractivity contribution < 1.29 is 18.3 Å². The molecule has 0 heterocycles. The van der Waals surface area contributed by atoms with Crippen molar-refractivity contribution in [3.8, 4) is 11.8 Å². The van der Waals surface area contributed by atoms with Gasteiger partial charge in [-0.3, -0.25) is 0 Å². The summed E-state index contributed by atoms with van der Waals surface area (Å²) < 4.78 is 35.1. The molecule has 2 fully saturated rings. The second-order valence-electron chi connectivity index (χ2n) is 9.00. The predicted octanol–water partition coefficient (Wildman–Crippen LogP) is 6.77. The lowest BCUT2D eigenvalue weighted by Crippen LogP contribution is -2.30. The third-order valence-corrected chi connectivity index (χ3v) is 7.22. The zero-order valence-corrected chi connectivity index (χ0v) is 17.7. The van der Waals surface area contributed by atoms with Crippen molar-refractivity contribution in [3.63, 3.8) is 0 Å². The molecule has 0 saturated heterocycles. The van der Waals surface area contributed by atoms with Crippen LogP contribution in [-0.2, 0) is 0 Å². The molecule has 4 rings (SSSR count). The van der Waals surface area contributed by atoms with Gasteiger partial charge in [-0.05, 0) is 92.2 Å². The van der Waals surface area contributed by atoms with Gasteiger partial charge >= 0.3 is 5.97 Å². The lowest BCUT2D eigenvalue weighted by atomic mass is 9.63. The van der Waals surface area contributed by atoms with Crippen LogP contribution in [0.1, 0.15) is 79.3 Å². The fourth-order valence-corrected chi connectivity index (χ4v) is 5.47. The van der Waals surface area contributed by atoms with Gasteiger partial charge in [-0.1, -0.05) is 19.8 Å². The average molecular weight is 424 g/mol. The Labute approximate surface area is 182 Å². The number of hydrogen-bond donors (Lipinski definition) is 0. The molecule has 0 aromatic heterocycles. The first kappa shape index (κ1) is 21.5. The largest absolute Gasteiger partial charge is 0.423 e. The van der Waals surface area contributed by atoms with Gasteiger partial charge in [0, 0.05) is 5.56 Å². The quantitative estimate of drug-likeness (QED) is 0.403. The Bertz CT molecular complexity index is 972. The molecular formula is C26H27F2NO2. The molecule has 162 valence electrons. The SMILES string of the molecule is CC[C@H]1CC[C@@H]2CC(c3c(F)cc(C(=O)Oc4ccc(C#N)cc4)cc3F)CC[C@H]2C1. The zero-order chi connectivity index (χ0) is 22.0.